The highest BCUT2D eigenvalue weighted by Crippen LogP contribution is 2.14. The molecule has 0 aliphatic rings. The molecule has 2 atom stereocenters. The molecule has 0 spiro atoms. The summed E-state index contributed by atoms with van der Waals surface area (Å²) >= 11 is 0. The average Bonchev–Trinajstić information content (AvgIpc) is 3.05. The molecule has 0 heterocycles. The van der Waals surface area contributed by atoms with Crippen molar-refractivity contribution >= 4 is 11.9 Å². The van der Waals surface area contributed by atoms with Crippen LogP contribution in [0.3, 0.4) is 0 Å². The third kappa shape index (κ3) is 34.5. The smallest absolute Gasteiger partial charge is 0.306 e. The van der Waals surface area contributed by atoms with Crippen molar-refractivity contribution in [1.82, 2.24) is 0 Å². The zero-order chi connectivity index (χ0) is 34.6. The first-order chi connectivity index (χ1) is 22.9. The van der Waals surface area contributed by atoms with Crippen LogP contribution in [0.1, 0.15) is 143 Å². The highest BCUT2D eigenvalue weighted by molar-refractivity contribution is 5.70. The second-order valence-corrected chi connectivity index (χ2v) is 12.6. The molecule has 0 aromatic rings. The summed E-state index contributed by atoms with van der Waals surface area (Å²) in [6.45, 7) is 6.19. The second-order valence-electron chi connectivity index (χ2n) is 12.6. The molecular formula is C41H68O6. The molecule has 0 fully saturated rings. The number of ether oxygens (including phenoxy) is 2. The molecule has 0 aromatic heterocycles. The maximum atomic E-state index is 12.1. The van der Waals surface area contributed by atoms with E-state index in [9.17, 15) is 19.8 Å². The van der Waals surface area contributed by atoms with E-state index >= 15 is 0 Å². The number of allylic oxidation sites excluding steroid dienone is 10. The van der Waals surface area contributed by atoms with E-state index < -0.39 is 12.2 Å². The molecule has 0 rings (SSSR count). The van der Waals surface area contributed by atoms with Gasteiger partial charge in [0.25, 0.3) is 0 Å². The zero-order valence-corrected chi connectivity index (χ0v) is 30.0. The van der Waals surface area contributed by atoms with Crippen LogP contribution in [0.15, 0.2) is 72.9 Å². The van der Waals surface area contributed by atoms with E-state index in [1.807, 2.05) is 36.5 Å². The second kappa shape index (κ2) is 34.6. The van der Waals surface area contributed by atoms with Gasteiger partial charge in [-0.1, -0.05) is 158 Å². The molecule has 0 amide bonds. The molecule has 0 saturated heterocycles. The van der Waals surface area contributed by atoms with Gasteiger partial charge in [0, 0.05) is 12.8 Å². The molecule has 0 aliphatic carbocycles. The first-order valence-corrected chi connectivity index (χ1v) is 18.5. The van der Waals surface area contributed by atoms with Crippen LogP contribution >= 0.6 is 0 Å². The summed E-state index contributed by atoms with van der Waals surface area (Å²) in [4.78, 5) is 24.2. The molecular weight excluding hydrogens is 588 g/mol. The quantitative estimate of drug-likeness (QED) is 0.0334. The third-order valence-corrected chi connectivity index (χ3v) is 7.54. The van der Waals surface area contributed by atoms with E-state index in [1.165, 1.54) is 51.4 Å². The number of carbonyl (C=O) groups is 2. The lowest BCUT2D eigenvalue weighted by atomic mass is 10.0. The molecule has 268 valence electrons. The molecule has 0 saturated carbocycles. The van der Waals surface area contributed by atoms with Crippen molar-refractivity contribution in [3.05, 3.63) is 72.9 Å². The lowest BCUT2D eigenvalue weighted by Gasteiger charge is -2.15. The molecule has 47 heavy (non-hydrogen) atoms. The van der Waals surface area contributed by atoms with Gasteiger partial charge in [-0.3, -0.25) is 9.59 Å². The minimum atomic E-state index is -0.817. The Morgan fingerprint density at radius 2 is 1.23 bits per heavy atom. The monoisotopic (exact) mass is 657 g/mol. The van der Waals surface area contributed by atoms with Crippen LogP contribution in [0.5, 0.6) is 0 Å². The van der Waals surface area contributed by atoms with Crippen LogP contribution in [-0.2, 0) is 19.1 Å². The van der Waals surface area contributed by atoms with Crippen LogP contribution in [0.2, 0.25) is 0 Å². The van der Waals surface area contributed by atoms with Gasteiger partial charge < -0.3 is 19.7 Å². The Morgan fingerprint density at radius 3 is 1.87 bits per heavy atom. The Labute approximate surface area is 287 Å². The SMILES string of the molecule is CC/C=C\C/C=C\CC(O)/C=C/C=C\C/C=C\C/C=C\CCC(=O)OC[C@H](CO)OC(=O)CCCCCCCCCCCCC(C)C. The molecule has 0 radical (unpaired) electrons. The van der Waals surface area contributed by atoms with Gasteiger partial charge in [0.15, 0.2) is 6.10 Å². The largest absolute Gasteiger partial charge is 0.462 e. The summed E-state index contributed by atoms with van der Waals surface area (Å²) in [7, 11) is 0. The zero-order valence-electron chi connectivity index (χ0n) is 30.0. The normalized spacial score (nSPS) is 13.8. The molecule has 1 unspecified atom stereocenters. The van der Waals surface area contributed by atoms with Gasteiger partial charge in [-0.2, -0.15) is 0 Å². The average molecular weight is 657 g/mol. The van der Waals surface area contributed by atoms with E-state index in [2.05, 4.69) is 51.2 Å². The van der Waals surface area contributed by atoms with Gasteiger partial charge in [0.2, 0.25) is 0 Å². The number of aliphatic hydroxyl groups is 2. The Bertz CT molecular complexity index is 911. The van der Waals surface area contributed by atoms with Gasteiger partial charge >= 0.3 is 11.9 Å². The maximum Gasteiger partial charge on any atom is 0.306 e. The molecule has 0 bridgehead atoms. The Morgan fingerprint density at radius 1 is 0.660 bits per heavy atom. The molecule has 6 heteroatoms. The summed E-state index contributed by atoms with van der Waals surface area (Å²) in [6, 6.07) is 0. The van der Waals surface area contributed by atoms with Gasteiger partial charge in [0.05, 0.1) is 12.7 Å². The molecule has 2 N–H and O–H groups in total. The Kier molecular flexibility index (Phi) is 32.6. The van der Waals surface area contributed by atoms with Gasteiger partial charge in [0.1, 0.15) is 6.61 Å². The fourth-order valence-electron chi connectivity index (χ4n) is 4.73. The van der Waals surface area contributed by atoms with E-state index in [-0.39, 0.29) is 31.6 Å². The number of rotatable bonds is 31. The van der Waals surface area contributed by atoms with Crippen LogP contribution in [-0.4, -0.2) is 47.6 Å². The highest BCUT2D eigenvalue weighted by atomic mass is 16.6. The number of unbranched alkanes of at least 4 members (excludes halogenated alkanes) is 9. The predicted octanol–water partition coefficient (Wildman–Crippen LogP) is 10.2. The van der Waals surface area contributed by atoms with Gasteiger partial charge in [-0.15, -0.1) is 0 Å². The Hall–Kier alpha value is -2.70. The van der Waals surface area contributed by atoms with Crippen molar-refractivity contribution in [1.29, 1.82) is 0 Å². The third-order valence-electron chi connectivity index (χ3n) is 7.54. The predicted molar refractivity (Wildman–Crippen MR) is 197 cm³/mol. The number of aliphatic hydroxyl groups excluding tert-OH is 2. The van der Waals surface area contributed by atoms with Crippen LogP contribution in [0, 0.1) is 5.92 Å². The summed E-state index contributed by atoms with van der Waals surface area (Å²) in [6.07, 6.45) is 41.4. The minimum absolute atomic E-state index is 0.124. The van der Waals surface area contributed by atoms with Gasteiger partial charge in [-0.25, -0.2) is 0 Å². The summed E-state index contributed by atoms with van der Waals surface area (Å²) in [5.41, 5.74) is 0. The highest BCUT2D eigenvalue weighted by Gasteiger charge is 2.15. The fourth-order valence-corrected chi connectivity index (χ4v) is 4.73. The number of carbonyl (C=O) groups excluding carboxylic acids is 2. The topological polar surface area (TPSA) is 93.1 Å². The number of esters is 2. The summed E-state index contributed by atoms with van der Waals surface area (Å²) in [5, 5.41) is 19.5. The summed E-state index contributed by atoms with van der Waals surface area (Å²) in [5.74, 6) is 0.0894. The molecule has 0 aromatic carbocycles. The van der Waals surface area contributed by atoms with E-state index in [1.54, 1.807) is 6.08 Å². The maximum absolute atomic E-state index is 12.1. The fraction of sp³-hybridized carbons (Fsp3) is 0.659. The Balaban J connectivity index is 3.81. The van der Waals surface area contributed by atoms with Crippen LogP contribution in [0.4, 0.5) is 0 Å². The van der Waals surface area contributed by atoms with Crippen molar-refractivity contribution in [2.24, 2.45) is 5.92 Å². The van der Waals surface area contributed by atoms with Crippen molar-refractivity contribution < 1.29 is 29.3 Å². The van der Waals surface area contributed by atoms with Crippen molar-refractivity contribution in [3.63, 3.8) is 0 Å². The van der Waals surface area contributed by atoms with Crippen molar-refractivity contribution in [3.8, 4) is 0 Å². The van der Waals surface area contributed by atoms with Gasteiger partial charge in [-0.05, 0) is 50.9 Å². The van der Waals surface area contributed by atoms with Crippen LogP contribution in [0.25, 0.3) is 0 Å². The first kappa shape index (κ1) is 44.3. The summed E-state index contributed by atoms with van der Waals surface area (Å²) < 4.78 is 10.5. The van der Waals surface area contributed by atoms with Crippen LogP contribution < -0.4 is 0 Å². The molecule has 0 aliphatic heterocycles. The number of hydrogen-bond acceptors (Lipinski definition) is 6. The van der Waals surface area contributed by atoms with Crippen molar-refractivity contribution in [2.75, 3.05) is 13.2 Å². The van der Waals surface area contributed by atoms with E-state index in [0.717, 1.165) is 50.9 Å². The standard InChI is InChI=1S/C41H68O6/c1-4-5-6-7-21-26-31-38(43)32-27-22-17-13-9-11-14-18-23-28-33-40(44)46-36-39(35-42)47-41(45)34-29-24-19-15-10-8-12-16-20-25-30-37(2)3/h5-6,9,11,17-18,21-23,26-27,32,37-39,42-43H,4,7-8,10,12-16,19-20,24-25,28-31,33-36H2,1-3H3/b6-5-,11-9-,22-17-,23-18-,26-21-,32-27+/t38?,39-/m0/s1. The minimum Gasteiger partial charge on any atom is -0.462 e. The first-order valence-electron chi connectivity index (χ1n) is 18.5. The van der Waals surface area contributed by atoms with E-state index in [0.29, 0.717) is 19.3 Å². The molecule has 6 nitrogen and oxygen atoms in total. The lowest BCUT2D eigenvalue weighted by Crippen LogP contribution is -2.28. The van der Waals surface area contributed by atoms with E-state index in [4.69, 9.17) is 9.47 Å². The van der Waals surface area contributed by atoms with Crippen molar-refractivity contribution in [2.45, 2.75) is 155 Å². The number of hydrogen-bond donors (Lipinski definition) is 2. The lowest BCUT2D eigenvalue weighted by molar-refractivity contribution is -0.161.